The Balaban J connectivity index is 1.02. The standard InChI is InChI=1S/C59H79N7O15/c1-13-41-37-66(54(68)49-35-43-34-45(18-19-47(43)80-49)78-25-23-62(7)8)46-36-48(53-52(51(41)46)50(40(4)60-53)55(69)73-12)81-58(72)64(10)22-21-63(9)56(70)59(5,6)57(71)65(11)61-39(3)42-14-16-44(17-15-42)79-33-32-77-31-30-76-29-28-75-27-26-74-24-20-38(2)67/h14-19,34-36,41,60H,13,20-33,37H2,1-12H3/t41-/m1/s1. The molecule has 3 aromatic carbocycles. The first-order chi connectivity index (χ1) is 38.7. The van der Waals surface area contributed by atoms with Crippen LogP contribution in [0, 0.1) is 12.3 Å². The predicted molar refractivity (Wildman–Crippen MR) is 305 cm³/mol. The number of carbonyl (C=O) groups is 6. The molecule has 6 rings (SSSR count). The number of esters is 1. The monoisotopic (exact) mass is 1130 g/mol. The number of hydrogen-bond donors (Lipinski definition) is 1. The molecule has 0 aliphatic carbocycles. The molecular weight excluding hydrogens is 1050 g/mol. The molecule has 5 aromatic rings. The number of Topliss-reactive ketones (excluding diaryl/α,β-unsaturated/α-hetero) is 1. The van der Waals surface area contributed by atoms with Crippen molar-refractivity contribution in [2.75, 3.05) is 139 Å². The van der Waals surface area contributed by atoms with Gasteiger partial charge in [0.2, 0.25) is 5.91 Å². The number of anilines is 1. The number of carbonyl (C=O) groups excluding carboxylic acids is 6. The van der Waals surface area contributed by atoms with Crippen molar-refractivity contribution in [2.45, 2.75) is 60.3 Å². The Morgan fingerprint density at radius 2 is 1.35 bits per heavy atom. The molecule has 22 nitrogen and oxygen atoms in total. The molecule has 0 fully saturated rings. The molecule has 2 aromatic heterocycles. The number of H-pyrrole nitrogens is 1. The van der Waals surface area contributed by atoms with Crippen molar-refractivity contribution in [3.05, 3.63) is 82.7 Å². The van der Waals surface area contributed by atoms with E-state index in [9.17, 15) is 28.8 Å². The van der Waals surface area contributed by atoms with Crippen LogP contribution in [0.25, 0.3) is 21.9 Å². The van der Waals surface area contributed by atoms with Gasteiger partial charge in [0.25, 0.3) is 11.8 Å². The Morgan fingerprint density at radius 1 is 0.741 bits per heavy atom. The molecule has 81 heavy (non-hydrogen) atoms. The molecule has 22 heteroatoms. The summed E-state index contributed by atoms with van der Waals surface area (Å²) < 4.78 is 51.0. The highest BCUT2D eigenvalue weighted by Gasteiger charge is 2.41. The van der Waals surface area contributed by atoms with Crippen molar-refractivity contribution in [1.82, 2.24) is 24.7 Å². The van der Waals surface area contributed by atoms with Gasteiger partial charge < -0.3 is 66.9 Å². The predicted octanol–water partition coefficient (Wildman–Crippen LogP) is 7.33. The van der Waals surface area contributed by atoms with Crippen LogP contribution >= 0.6 is 0 Å². The summed E-state index contributed by atoms with van der Waals surface area (Å²) in [5, 5.41) is 6.82. The van der Waals surface area contributed by atoms with Crippen molar-refractivity contribution in [3.8, 4) is 17.2 Å². The van der Waals surface area contributed by atoms with Crippen molar-refractivity contribution in [3.63, 3.8) is 0 Å². The molecular formula is C59H79N7O15. The van der Waals surface area contributed by atoms with Gasteiger partial charge in [0.05, 0.1) is 82.4 Å². The van der Waals surface area contributed by atoms with E-state index in [2.05, 4.69) is 10.1 Å². The number of ketones is 1. The lowest BCUT2D eigenvalue weighted by Crippen LogP contribution is -2.49. The molecule has 1 N–H and O–H groups in total. The molecule has 0 radical (unpaired) electrons. The number of amides is 4. The molecule has 0 unspecified atom stereocenters. The maximum atomic E-state index is 14.5. The number of hydrogen-bond acceptors (Lipinski definition) is 17. The van der Waals surface area contributed by atoms with Gasteiger partial charge in [0.15, 0.2) is 11.5 Å². The summed E-state index contributed by atoms with van der Waals surface area (Å²) in [6.07, 6.45) is 0.246. The van der Waals surface area contributed by atoms with Crippen LogP contribution in [0.15, 0.2) is 64.1 Å². The summed E-state index contributed by atoms with van der Waals surface area (Å²) in [5.74, 6) is -0.728. The van der Waals surface area contributed by atoms with Crippen LogP contribution in [0.2, 0.25) is 0 Å². The maximum absolute atomic E-state index is 14.5. The molecule has 440 valence electrons. The van der Waals surface area contributed by atoms with Crippen LogP contribution in [-0.4, -0.2) is 201 Å². The van der Waals surface area contributed by atoms with Gasteiger partial charge in [-0.25, -0.2) is 14.6 Å². The van der Waals surface area contributed by atoms with E-state index in [1.807, 2.05) is 44.1 Å². The summed E-state index contributed by atoms with van der Waals surface area (Å²) in [6.45, 7) is 15.2. The lowest BCUT2D eigenvalue weighted by Gasteiger charge is -2.31. The van der Waals surface area contributed by atoms with Crippen molar-refractivity contribution in [1.29, 1.82) is 0 Å². The number of furan rings is 1. The number of benzene rings is 3. The zero-order valence-electron chi connectivity index (χ0n) is 48.9. The van der Waals surface area contributed by atoms with Crippen molar-refractivity contribution < 1.29 is 71.1 Å². The normalized spacial score (nSPS) is 13.4. The fourth-order valence-corrected chi connectivity index (χ4v) is 9.14. The number of nitrogens with zero attached hydrogens (tertiary/aromatic N) is 6. The third kappa shape index (κ3) is 16.4. The van der Waals surface area contributed by atoms with E-state index in [1.54, 1.807) is 62.2 Å². The minimum atomic E-state index is -1.54. The fraction of sp³-hybridized carbons (Fsp3) is 0.508. The number of ether oxygens (including phenoxy) is 8. The van der Waals surface area contributed by atoms with Crippen LogP contribution < -0.4 is 19.1 Å². The van der Waals surface area contributed by atoms with Crippen molar-refractivity contribution >= 4 is 68.8 Å². The SMILES string of the molecule is CC[C@@H]1CN(C(=O)c2cc3cc(OCCN(C)C)ccc3o2)c2cc(OC(=O)N(C)CCN(C)C(=O)C(C)(C)C(=O)N(C)N=C(C)c3ccc(OCCOCCOCCOCCOCCC(C)=O)cc3)c3[nH]c(C)c(C(=O)OC)c3c21. The smallest absolute Gasteiger partial charge is 0.415 e. The zero-order chi connectivity index (χ0) is 59.0. The van der Waals surface area contributed by atoms with Crippen LogP contribution in [0.4, 0.5) is 10.5 Å². The highest BCUT2D eigenvalue weighted by atomic mass is 16.6. The lowest BCUT2D eigenvalue weighted by atomic mass is 9.90. The number of aryl methyl sites for hydroxylation is 1. The van der Waals surface area contributed by atoms with Gasteiger partial charge in [-0.1, -0.05) is 6.92 Å². The van der Waals surface area contributed by atoms with Crippen LogP contribution in [-0.2, 0) is 38.1 Å². The summed E-state index contributed by atoms with van der Waals surface area (Å²) in [6, 6.07) is 15.9. The summed E-state index contributed by atoms with van der Waals surface area (Å²) in [7, 11) is 9.77. The van der Waals surface area contributed by atoms with E-state index in [0.29, 0.717) is 129 Å². The highest BCUT2D eigenvalue weighted by molar-refractivity contribution is 6.15. The van der Waals surface area contributed by atoms with Crippen LogP contribution in [0.1, 0.15) is 91.1 Å². The molecule has 1 atom stereocenters. The van der Waals surface area contributed by atoms with Gasteiger partial charge in [-0.15, -0.1) is 0 Å². The zero-order valence-corrected chi connectivity index (χ0v) is 48.9. The third-order valence-corrected chi connectivity index (χ3v) is 13.8. The average molecular weight is 1130 g/mol. The van der Waals surface area contributed by atoms with Gasteiger partial charge in [-0.2, -0.15) is 5.10 Å². The number of aromatic nitrogens is 1. The van der Waals surface area contributed by atoms with E-state index in [0.717, 1.165) is 22.7 Å². The topological polar surface area (TPSA) is 234 Å². The lowest BCUT2D eigenvalue weighted by molar-refractivity contribution is -0.152. The Labute approximate surface area is 473 Å². The Bertz CT molecular complexity index is 3020. The molecule has 1 aliphatic heterocycles. The second-order valence-electron chi connectivity index (χ2n) is 20.6. The second kappa shape index (κ2) is 29.4. The number of aromatic amines is 1. The van der Waals surface area contributed by atoms with E-state index in [1.165, 1.54) is 51.8 Å². The van der Waals surface area contributed by atoms with Gasteiger partial charge in [-0.05, 0) is 115 Å². The summed E-state index contributed by atoms with van der Waals surface area (Å²) >= 11 is 0. The quantitative estimate of drug-likeness (QED) is 0.0150. The van der Waals surface area contributed by atoms with Gasteiger partial charge in [-0.3, -0.25) is 19.2 Å². The largest absolute Gasteiger partial charge is 0.492 e. The van der Waals surface area contributed by atoms with E-state index in [4.69, 9.17) is 42.3 Å². The Hall–Kier alpha value is -7.37. The number of likely N-dealkylation sites (N-methyl/N-ethyl adjacent to an activating group) is 3. The number of fused-ring (bicyclic) bond motifs is 4. The molecule has 0 bridgehead atoms. The average Bonchev–Trinajstić information content (AvgIpc) is 2.50. The molecule has 1 aliphatic rings. The van der Waals surface area contributed by atoms with Crippen molar-refractivity contribution in [2.24, 2.45) is 10.5 Å². The Kier molecular flexibility index (Phi) is 22.8. The molecule has 0 spiro atoms. The fourth-order valence-electron chi connectivity index (χ4n) is 9.14. The highest BCUT2D eigenvalue weighted by Crippen LogP contribution is 2.49. The van der Waals surface area contributed by atoms with Crippen LogP contribution in [0.3, 0.4) is 0 Å². The van der Waals surface area contributed by atoms with E-state index >= 15 is 0 Å². The Morgan fingerprint density at radius 3 is 1.96 bits per heavy atom. The molecule has 0 saturated carbocycles. The first kappa shape index (κ1) is 62.8. The number of methoxy groups -OCH3 is 1. The number of rotatable bonds is 31. The molecule has 0 saturated heterocycles. The van der Waals surface area contributed by atoms with Gasteiger partial charge in [0, 0.05) is 82.2 Å². The number of hydrazone groups is 1. The van der Waals surface area contributed by atoms with Gasteiger partial charge in [0.1, 0.15) is 41.5 Å². The molecule has 3 heterocycles. The van der Waals surface area contributed by atoms with E-state index < -0.39 is 35.2 Å². The van der Waals surface area contributed by atoms with E-state index in [-0.39, 0.29) is 48.4 Å². The van der Waals surface area contributed by atoms with Crippen LogP contribution in [0.5, 0.6) is 17.2 Å². The second-order valence-corrected chi connectivity index (χ2v) is 20.6. The first-order valence-electron chi connectivity index (χ1n) is 27.1. The number of nitrogens with one attached hydrogen (secondary N) is 1. The molecule has 4 amide bonds. The summed E-state index contributed by atoms with van der Waals surface area (Å²) in [4.78, 5) is 90.1. The minimum absolute atomic E-state index is 0.0165. The third-order valence-electron chi connectivity index (χ3n) is 13.8. The summed E-state index contributed by atoms with van der Waals surface area (Å²) in [5.41, 5.74) is 2.55. The maximum Gasteiger partial charge on any atom is 0.415 e. The minimum Gasteiger partial charge on any atom is -0.492 e. The van der Waals surface area contributed by atoms with Gasteiger partial charge >= 0.3 is 12.1 Å². The first-order valence-corrected chi connectivity index (χ1v) is 27.1.